The molecule has 0 bridgehead atoms. The van der Waals surface area contributed by atoms with Gasteiger partial charge in [0.25, 0.3) is 0 Å². The van der Waals surface area contributed by atoms with Gasteiger partial charge in [0.15, 0.2) is 0 Å². The normalized spacial score (nSPS) is 30.7. The lowest BCUT2D eigenvalue weighted by molar-refractivity contribution is 0.243. The Bertz CT molecular complexity index is 168. The first-order valence-electron chi connectivity index (χ1n) is 3.87. The standard InChI is InChI=1S/C9H17N/c1-7-6-9(3,4)8(2)10(7)5/h6,8H,1-5H3. The molecule has 1 heterocycles. The van der Waals surface area contributed by atoms with Crippen LogP contribution in [0.25, 0.3) is 0 Å². The molecule has 0 aromatic rings. The second-order valence-corrected chi connectivity index (χ2v) is 3.89. The molecule has 1 aliphatic rings. The van der Waals surface area contributed by atoms with Crippen LogP contribution < -0.4 is 0 Å². The molecule has 0 aromatic heterocycles. The zero-order chi connectivity index (χ0) is 7.94. The van der Waals surface area contributed by atoms with Crippen LogP contribution in [0.5, 0.6) is 0 Å². The van der Waals surface area contributed by atoms with Gasteiger partial charge in [-0.25, -0.2) is 0 Å². The van der Waals surface area contributed by atoms with Gasteiger partial charge in [-0.1, -0.05) is 19.9 Å². The van der Waals surface area contributed by atoms with Crippen LogP contribution in [0.4, 0.5) is 0 Å². The fourth-order valence-corrected chi connectivity index (χ4v) is 1.57. The van der Waals surface area contributed by atoms with Gasteiger partial charge in [-0.15, -0.1) is 0 Å². The molecule has 1 heteroatoms. The topological polar surface area (TPSA) is 3.24 Å². The van der Waals surface area contributed by atoms with Crippen molar-refractivity contribution < 1.29 is 0 Å². The lowest BCUT2D eigenvalue weighted by Crippen LogP contribution is -2.31. The average Bonchev–Trinajstić information content (AvgIpc) is 1.95. The summed E-state index contributed by atoms with van der Waals surface area (Å²) in [5, 5.41) is 0. The van der Waals surface area contributed by atoms with Gasteiger partial charge < -0.3 is 4.90 Å². The summed E-state index contributed by atoms with van der Waals surface area (Å²) in [6, 6.07) is 0.646. The molecule has 0 radical (unpaired) electrons. The first-order valence-corrected chi connectivity index (χ1v) is 3.87. The minimum atomic E-state index is 0.360. The zero-order valence-corrected chi connectivity index (χ0v) is 7.60. The van der Waals surface area contributed by atoms with E-state index >= 15 is 0 Å². The van der Waals surface area contributed by atoms with Crippen LogP contribution in [0.3, 0.4) is 0 Å². The van der Waals surface area contributed by atoms with Crippen molar-refractivity contribution in [3.63, 3.8) is 0 Å². The van der Waals surface area contributed by atoms with Crippen LogP contribution in [0, 0.1) is 5.41 Å². The molecule has 1 unspecified atom stereocenters. The van der Waals surface area contributed by atoms with Crippen molar-refractivity contribution in [1.82, 2.24) is 4.90 Å². The van der Waals surface area contributed by atoms with E-state index in [1.54, 1.807) is 0 Å². The van der Waals surface area contributed by atoms with Crippen molar-refractivity contribution in [2.24, 2.45) is 5.41 Å². The number of rotatable bonds is 0. The van der Waals surface area contributed by atoms with Gasteiger partial charge in [-0.05, 0) is 13.8 Å². The van der Waals surface area contributed by atoms with Crippen LogP contribution in [-0.4, -0.2) is 18.0 Å². The van der Waals surface area contributed by atoms with E-state index in [1.807, 2.05) is 0 Å². The highest BCUT2D eigenvalue weighted by atomic mass is 15.2. The summed E-state index contributed by atoms with van der Waals surface area (Å²) in [5.74, 6) is 0. The van der Waals surface area contributed by atoms with Crippen molar-refractivity contribution in [1.29, 1.82) is 0 Å². The molecule has 0 spiro atoms. The molecule has 0 saturated carbocycles. The minimum Gasteiger partial charge on any atom is -0.375 e. The van der Waals surface area contributed by atoms with Crippen LogP contribution in [-0.2, 0) is 0 Å². The summed E-state index contributed by atoms with van der Waals surface area (Å²) >= 11 is 0. The minimum absolute atomic E-state index is 0.360. The smallest absolute Gasteiger partial charge is 0.0341 e. The maximum Gasteiger partial charge on any atom is 0.0341 e. The number of nitrogens with zero attached hydrogens (tertiary/aromatic N) is 1. The van der Waals surface area contributed by atoms with E-state index in [-0.39, 0.29) is 0 Å². The van der Waals surface area contributed by atoms with Crippen molar-refractivity contribution in [2.45, 2.75) is 33.7 Å². The zero-order valence-electron chi connectivity index (χ0n) is 7.60. The quantitative estimate of drug-likeness (QED) is 0.497. The molecule has 58 valence electrons. The maximum absolute atomic E-state index is 2.34. The Morgan fingerprint density at radius 3 is 2.10 bits per heavy atom. The van der Waals surface area contributed by atoms with Crippen molar-refractivity contribution in [3.05, 3.63) is 11.8 Å². The number of allylic oxidation sites excluding steroid dienone is 1. The van der Waals surface area contributed by atoms with E-state index < -0.39 is 0 Å². The van der Waals surface area contributed by atoms with Crippen molar-refractivity contribution >= 4 is 0 Å². The van der Waals surface area contributed by atoms with Gasteiger partial charge in [-0.3, -0.25) is 0 Å². The van der Waals surface area contributed by atoms with Gasteiger partial charge in [0.1, 0.15) is 0 Å². The number of hydrogen-bond acceptors (Lipinski definition) is 1. The third-order valence-electron chi connectivity index (χ3n) is 2.79. The second kappa shape index (κ2) is 2.01. The molecule has 10 heavy (non-hydrogen) atoms. The van der Waals surface area contributed by atoms with Gasteiger partial charge in [0.2, 0.25) is 0 Å². The maximum atomic E-state index is 2.34. The van der Waals surface area contributed by atoms with Crippen molar-refractivity contribution in [2.75, 3.05) is 7.05 Å². The molecule has 1 nitrogen and oxygen atoms in total. The Labute approximate surface area is 63.7 Å². The molecule has 0 amide bonds. The lowest BCUT2D eigenvalue weighted by Gasteiger charge is -2.28. The molecule has 1 atom stereocenters. The molecule has 1 aliphatic heterocycles. The Morgan fingerprint density at radius 1 is 1.50 bits per heavy atom. The predicted octanol–water partition coefficient (Wildman–Crippen LogP) is 2.25. The molecular weight excluding hydrogens is 122 g/mol. The highest BCUT2D eigenvalue weighted by molar-refractivity contribution is 5.15. The highest BCUT2D eigenvalue weighted by Crippen LogP contribution is 2.35. The third-order valence-corrected chi connectivity index (χ3v) is 2.79. The molecule has 0 fully saturated rings. The molecule has 0 saturated heterocycles. The third kappa shape index (κ3) is 0.938. The van der Waals surface area contributed by atoms with Crippen LogP contribution >= 0.6 is 0 Å². The summed E-state index contributed by atoms with van der Waals surface area (Å²) in [6.45, 7) is 9.01. The van der Waals surface area contributed by atoms with Crippen LogP contribution in [0.15, 0.2) is 11.8 Å². The Morgan fingerprint density at radius 2 is 2.00 bits per heavy atom. The fourth-order valence-electron chi connectivity index (χ4n) is 1.57. The van der Waals surface area contributed by atoms with Crippen LogP contribution in [0.1, 0.15) is 27.7 Å². The predicted molar refractivity (Wildman–Crippen MR) is 44.8 cm³/mol. The molecule has 0 aliphatic carbocycles. The van der Waals surface area contributed by atoms with Gasteiger partial charge in [0, 0.05) is 24.2 Å². The SMILES string of the molecule is CC1=CC(C)(C)C(C)N1C. The molecule has 1 rings (SSSR count). The number of hydrogen-bond donors (Lipinski definition) is 0. The highest BCUT2D eigenvalue weighted by Gasteiger charge is 2.32. The molecule has 0 N–H and O–H groups in total. The molecule has 0 aromatic carbocycles. The fraction of sp³-hybridized carbons (Fsp3) is 0.778. The monoisotopic (exact) mass is 139 g/mol. The van der Waals surface area contributed by atoms with E-state index in [4.69, 9.17) is 0 Å². The summed E-state index contributed by atoms with van der Waals surface area (Å²) in [7, 11) is 2.16. The lowest BCUT2D eigenvalue weighted by atomic mass is 9.88. The van der Waals surface area contributed by atoms with E-state index in [0.717, 1.165) is 0 Å². The van der Waals surface area contributed by atoms with Gasteiger partial charge in [-0.2, -0.15) is 0 Å². The van der Waals surface area contributed by atoms with E-state index in [2.05, 4.69) is 45.7 Å². The van der Waals surface area contributed by atoms with Crippen LogP contribution in [0.2, 0.25) is 0 Å². The van der Waals surface area contributed by atoms with Gasteiger partial charge in [0.05, 0.1) is 0 Å². The summed E-state index contributed by atoms with van der Waals surface area (Å²) in [6.07, 6.45) is 2.34. The Kier molecular flexibility index (Phi) is 1.54. The first-order chi connectivity index (χ1) is 4.45. The summed E-state index contributed by atoms with van der Waals surface area (Å²) in [4.78, 5) is 2.33. The Balaban J connectivity index is 2.87. The van der Waals surface area contributed by atoms with Crippen molar-refractivity contribution in [3.8, 4) is 0 Å². The average molecular weight is 139 g/mol. The van der Waals surface area contributed by atoms with E-state index in [0.29, 0.717) is 11.5 Å². The second-order valence-electron chi connectivity index (χ2n) is 3.89. The summed E-state index contributed by atoms with van der Waals surface area (Å²) in [5.41, 5.74) is 1.76. The van der Waals surface area contributed by atoms with E-state index in [9.17, 15) is 0 Å². The Hall–Kier alpha value is -0.460. The molecular formula is C9H17N. The first kappa shape index (κ1) is 7.64. The van der Waals surface area contributed by atoms with E-state index in [1.165, 1.54) is 5.70 Å². The largest absolute Gasteiger partial charge is 0.375 e. The van der Waals surface area contributed by atoms with Gasteiger partial charge >= 0.3 is 0 Å². The summed E-state index contributed by atoms with van der Waals surface area (Å²) < 4.78 is 0.